The summed E-state index contributed by atoms with van der Waals surface area (Å²) in [5.74, 6) is 1.25. The number of carbonyl (C=O) groups excluding carboxylic acids is 1. The van der Waals surface area contributed by atoms with Crippen molar-refractivity contribution in [2.45, 2.75) is 0 Å². The van der Waals surface area contributed by atoms with Gasteiger partial charge in [-0.3, -0.25) is 9.59 Å². The Hall–Kier alpha value is -4.71. The van der Waals surface area contributed by atoms with E-state index in [1.54, 1.807) is 71.8 Å². The highest BCUT2D eigenvalue weighted by atomic mass is 16.5. The first-order valence-corrected chi connectivity index (χ1v) is 10.8. The van der Waals surface area contributed by atoms with E-state index in [9.17, 15) is 14.9 Å². The van der Waals surface area contributed by atoms with Crippen LogP contribution in [-0.4, -0.2) is 52.2 Å². The normalized spacial score (nSPS) is 13.5. The van der Waals surface area contributed by atoms with E-state index in [0.29, 0.717) is 59.6 Å². The molecule has 2 aromatic heterocycles. The van der Waals surface area contributed by atoms with Crippen LogP contribution in [0.1, 0.15) is 15.9 Å². The van der Waals surface area contributed by atoms with Crippen LogP contribution in [0.2, 0.25) is 0 Å². The van der Waals surface area contributed by atoms with Crippen molar-refractivity contribution < 1.29 is 9.53 Å². The quantitative estimate of drug-likeness (QED) is 0.506. The zero-order valence-electron chi connectivity index (χ0n) is 18.1. The average Bonchev–Trinajstić information content (AvgIpc) is 2.90. The maximum atomic E-state index is 13.1. The van der Waals surface area contributed by atoms with Crippen LogP contribution in [0.4, 0.5) is 5.82 Å². The van der Waals surface area contributed by atoms with Crippen LogP contribution >= 0.6 is 0 Å². The summed E-state index contributed by atoms with van der Waals surface area (Å²) in [7, 11) is 0. The second-order valence-corrected chi connectivity index (χ2v) is 7.80. The van der Waals surface area contributed by atoms with Gasteiger partial charge in [-0.1, -0.05) is 18.2 Å². The highest BCUT2D eigenvalue weighted by molar-refractivity contribution is 5.95. The molecule has 0 spiro atoms. The number of nitriles is 1. The Labute approximate surface area is 194 Å². The van der Waals surface area contributed by atoms with Crippen LogP contribution in [0.25, 0.3) is 10.8 Å². The molecular formula is C25H20N6O3. The number of hydrogen-bond donors (Lipinski definition) is 1. The molecule has 1 saturated heterocycles. The maximum Gasteiger partial charge on any atom is 0.272 e. The van der Waals surface area contributed by atoms with Gasteiger partial charge >= 0.3 is 0 Å². The third-order valence-electron chi connectivity index (χ3n) is 5.73. The van der Waals surface area contributed by atoms with E-state index in [1.807, 2.05) is 4.90 Å². The highest BCUT2D eigenvalue weighted by Gasteiger charge is 2.24. The van der Waals surface area contributed by atoms with Gasteiger partial charge in [-0.05, 0) is 42.5 Å². The van der Waals surface area contributed by atoms with Crippen LogP contribution in [0.15, 0.2) is 71.7 Å². The van der Waals surface area contributed by atoms with Crippen molar-refractivity contribution in [2.24, 2.45) is 0 Å². The molecule has 0 bridgehead atoms. The number of nitrogens with one attached hydrogen (secondary N) is 1. The van der Waals surface area contributed by atoms with Gasteiger partial charge in [0.2, 0.25) is 5.88 Å². The molecule has 0 atom stereocenters. The molecular weight excluding hydrogens is 432 g/mol. The molecule has 1 amide bonds. The molecule has 4 aromatic rings. The summed E-state index contributed by atoms with van der Waals surface area (Å²) in [6.45, 7) is 2.19. The van der Waals surface area contributed by atoms with Crippen LogP contribution in [0.5, 0.6) is 11.6 Å². The van der Waals surface area contributed by atoms with E-state index in [4.69, 9.17) is 4.74 Å². The number of carbonyl (C=O) groups is 1. The largest absolute Gasteiger partial charge is 0.437 e. The van der Waals surface area contributed by atoms with Crippen molar-refractivity contribution in [1.29, 1.82) is 5.26 Å². The summed E-state index contributed by atoms with van der Waals surface area (Å²) < 4.78 is 5.93. The number of hydrogen-bond acceptors (Lipinski definition) is 7. The number of piperazine rings is 1. The lowest BCUT2D eigenvalue weighted by molar-refractivity contribution is 0.0746. The number of fused-ring (bicyclic) bond motifs is 1. The van der Waals surface area contributed by atoms with E-state index in [2.05, 4.69) is 21.3 Å². The number of benzene rings is 2. The van der Waals surface area contributed by atoms with Crippen LogP contribution < -0.4 is 15.2 Å². The fraction of sp³-hybridized carbons (Fsp3) is 0.160. The standard InChI is InChI=1S/C25H20N6O3/c26-16-18-6-4-10-27-22(18)30-11-13-31(14-12-30)25(33)17-5-3-7-19(15-17)34-24-21-9-2-1-8-20(21)23(32)28-29-24/h1-10,15H,11-14H2,(H,28,32). The molecule has 9 nitrogen and oxygen atoms in total. The first kappa shape index (κ1) is 21.2. The Bertz CT molecular complexity index is 1470. The molecule has 2 aromatic carbocycles. The van der Waals surface area contributed by atoms with Gasteiger partial charge in [-0.25, -0.2) is 10.1 Å². The summed E-state index contributed by atoms with van der Waals surface area (Å²) >= 11 is 0. The fourth-order valence-electron chi connectivity index (χ4n) is 4.01. The summed E-state index contributed by atoms with van der Waals surface area (Å²) in [6, 6.07) is 19.6. The van der Waals surface area contributed by atoms with E-state index in [0.717, 1.165) is 0 Å². The Morgan fingerprint density at radius 3 is 2.59 bits per heavy atom. The molecule has 0 unspecified atom stereocenters. The number of aromatic amines is 1. The van der Waals surface area contributed by atoms with Crippen molar-refractivity contribution in [3.8, 4) is 17.7 Å². The lowest BCUT2D eigenvalue weighted by Gasteiger charge is -2.35. The molecule has 0 aliphatic carbocycles. The number of aromatic nitrogens is 3. The molecule has 0 saturated carbocycles. The Morgan fingerprint density at radius 1 is 1.00 bits per heavy atom. The topological polar surface area (TPSA) is 115 Å². The maximum absolute atomic E-state index is 13.1. The van der Waals surface area contributed by atoms with Crippen LogP contribution in [0.3, 0.4) is 0 Å². The van der Waals surface area contributed by atoms with Crippen molar-refractivity contribution in [2.75, 3.05) is 31.1 Å². The predicted octanol–water partition coefficient (Wildman–Crippen LogP) is 2.94. The summed E-state index contributed by atoms with van der Waals surface area (Å²) in [6.07, 6.45) is 1.67. The zero-order valence-corrected chi connectivity index (χ0v) is 18.1. The molecule has 0 radical (unpaired) electrons. The van der Waals surface area contributed by atoms with Gasteiger partial charge in [-0.15, -0.1) is 5.10 Å². The third kappa shape index (κ3) is 4.04. The molecule has 168 valence electrons. The average molecular weight is 452 g/mol. The number of anilines is 1. The van der Waals surface area contributed by atoms with Gasteiger partial charge in [-0.2, -0.15) is 5.26 Å². The second-order valence-electron chi connectivity index (χ2n) is 7.80. The smallest absolute Gasteiger partial charge is 0.272 e. The van der Waals surface area contributed by atoms with E-state index >= 15 is 0 Å². The molecule has 1 aliphatic rings. The number of ether oxygens (including phenoxy) is 1. The molecule has 5 rings (SSSR count). The minimum Gasteiger partial charge on any atom is -0.437 e. The first-order valence-electron chi connectivity index (χ1n) is 10.8. The highest BCUT2D eigenvalue weighted by Crippen LogP contribution is 2.26. The number of amides is 1. The van der Waals surface area contributed by atoms with Crippen molar-refractivity contribution in [3.05, 3.63) is 88.3 Å². The second kappa shape index (κ2) is 9.03. The van der Waals surface area contributed by atoms with Gasteiger partial charge in [0.25, 0.3) is 11.5 Å². The molecule has 9 heteroatoms. The minimum atomic E-state index is -0.293. The van der Waals surface area contributed by atoms with Crippen molar-refractivity contribution >= 4 is 22.5 Å². The van der Waals surface area contributed by atoms with Gasteiger partial charge in [0.05, 0.1) is 16.3 Å². The number of H-pyrrole nitrogens is 1. The third-order valence-corrected chi connectivity index (χ3v) is 5.73. The number of pyridine rings is 1. The lowest BCUT2D eigenvalue weighted by atomic mass is 10.1. The van der Waals surface area contributed by atoms with Gasteiger partial charge in [0.1, 0.15) is 17.6 Å². The van der Waals surface area contributed by atoms with Gasteiger partial charge in [0, 0.05) is 37.9 Å². The van der Waals surface area contributed by atoms with Gasteiger partial charge in [0.15, 0.2) is 0 Å². The SMILES string of the molecule is N#Cc1cccnc1N1CCN(C(=O)c2cccc(Oc3n[nH]c(=O)c4ccccc34)c2)CC1. The van der Waals surface area contributed by atoms with E-state index < -0.39 is 0 Å². The summed E-state index contributed by atoms with van der Waals surface area (Å²) in [5, 5.41) is 16.9. The molecule has 1 N–H and O–H groups in total. The van der Waals surface area contributed by atoms with Gasteiger partial charge < -0.3 is 14.5 Å². The monoisotopic (exact) mass is 452 g/mol. The van der Waals surface area contributed by atoms with Crippen LogP contribution in [-0.2, 0) is 0 Å². The Kier molecular flexibility index (Phi) is 5.62. The molecule has 1 aliphatic heterocycles. The number of rotatable bonds is 4. The van der Waals surface area contributed by atoms with Crippen molar-refractivity contribution in [1.82, 2.24) is 20.1 Å². The minimum absolute atomic E-state index is 0.106. The van der Waals surface area contributed by atoms with Crippen LogP contribution in [0, 0.1) is 11.3 Å². The van der Waals surface area contributed by atoms with Crippen molar-refractivity contribution in [3.63, 3.8) is 0 Å². The zero-order chi connectivity index (χ0) is 23.5. The molecule has 34 heavy (non-hydrogen) atoms. The Morgan fingerprint density at radius 2 is 1.79 bits per heavy atom. The number of nitrogens with zero attached hydrogens (tertiary/aromatic N) is 5. The summed E-state index contributed by atoms with van der Waals surface area (Å²) in [5.41, 5.74) is 0.726. The first-order chi connectivity index (χ1) is 16.6. The summed E-state index contributed by atoms with van der Waals surface area (Å²) in [4.78, 5) is 33.3. The molecule has 3 heterocycles. The molecule has 1 fully saturated rings. The fourth-order valence-corrected chi connectivity index (χ4v) is 4.01. The Balaban J connectivity index is 1.31. The van der Waals surface area contributed by atoms with E-state index in [1.165, 1.54) is 0 Å². The van der Waals surface area contributed by atoms with E-state index in [-0.39, 0.29) is 17.3 Å². The lowest BCUT2D eigenvalue weighted by Crippen LogP contribution is -2.49. The predicted molar refractivity (Wildman–Crippen MR) is 126 cm³/mol.